The first-order chi connectivity index (χ1) is 5.91. The number of nitrogens with one attached hydrogen (secondary N) is 1. The van der Waals surface area contributed by atoms with Crippen LogP contribution in [0.5, 0.6) is 0 Å². The Balaban J connectivity index is 0.00000169. The van der Waals surface area contributed by atoms with Gasteiger partial charge in [-0.3, -0.25) is 10.1 Å². The minimum absolute atomic E-state index is 0. The smallest absolute Gasteiger partial charge is 0.432 e. The summed E-state index contributed by atoms with van der Waals surface area (Å²) in [5.74, 6) is -0.347. The maximum atomic E-state index is 11.5. The molecular formula is C9H15NNaO3+. The predicted molar refractivity (Wildman–Crippen MR) is 47.0 cm³/mol. The van der Waals surface area contributed by atoms with E-state index in [0.29, 0.717) is 0 Å². The molecule has 4 nitrogen and oxygen atoms in total. The Hall–Kier alpha value is -0.0600. The van der Waals surface area contributed by atoms with Gasteiger partial charge in [0.1, 0.15) is 0 Å². The van der Waals surface area contributed by atoms with E-state index in [1.54, 1.807) is 0 Å². The number of ether oxygens (including phenoxy) is 1. The fourth-order valence-electron chi connectivity index (χ4n) is 1.84. The van der Waals surface area contributed by atoms with Crippen molar-refractivity contribution in [3.63, 3.8) is 0 Å². The zero-order valence-electron chi connectivity index (χ0n) is 9.38. The molecule has 74 valence electrons. The minimum Gasteiger partial charge on any atom is -0.432 e. The second-order valence-electron chi connectivity index (χ2n) is 3.95. The average molecular weight is 208 g/mol. The first kappa shape index (κ1) is 13.9. The van der Waals surface area contributed by atoms with Crippen LogP contribution in [0.2, 0.25) is 0 Å². The molecule has 0 aromatic rings. The van der Waals surface area contributed by atoms with Gasteiger partial charge in [-0.25, -0.2) is 4.79 Å². The van der Waals surface area contributed by atoms with Gasteiger partial charge >= 0.3 is 35.7 Å². The number of rotatable bonds is 2. The fraction of sp³-hybridized carbons (Fsp3) is 0.778. The van der Waals surface area contributed by atoms with E-state index in [4.69, 9.17) is 4.74 Å². The number of carbonyl (C=O) groups is 2. The zero-order chi connectivity index (χ0) is 10.2. The molecule has 1 aliphatic rings. The summed E-state index contributed by atoms with van der Waals surface area (Å²) >= 11 is 0. The molecule has 0 aromatic carbocycles. The molecule has 0 aromatic heterocycles. The second-order valence-corrected chi connectivity index (χ2v) is 3.95. The fourth-order valence-corrected chi connectivity index (χ4v) is 1.84. The number of cyclic esters (lactones) is 1. The van der Waals surface area contributed by atoms with Gasteiger partial charge in [0.05, 0.1) is 0 Å². The van der Waals surface area contributed by atoms with E-state index in [9.17, 15) is 9.59 Å². The van der Waals surface area contributed by atoms with Crippen LogP contribution in [0.25, 0.3) is 0 Å². The number of imide groups is 1. The molecule has 0 unspecified atom stereocenters. The van der Waals surface area contributed by atoms with Crippen molar-refractivity contribution < 1.29 is 43.9 Å². The molecule has 1 aliphatic heterocycles. The standard InChI is InChI=1S/C9H15NO3.Na/c1-5(2)9(6(3)4)7(11)10-8(12)13-9;/h5-6H,1-4H3,(H,10,11,12);/q;+1. The Morgan fingerprint density at radius 2 is 1.57 bits per heavy atom. The molecule has 1 N–H and O–H groups in total. The molecule has 2 amide bonds. The van der Waals surface area contributed by atoms with Gasteiger partial charge in [0, 0.05) is 11.8 Å². The van der Waals surface area contributed by atoms with E-state index in [1.165, 1.54) is 0 Å². The Labute approximate surface area is 106 Å². The molecule has 0 bridgehead atoms. The topological polar surface area (TPSA) is 55.4 Å². The van der Waals surface area contributed by atoms with Gasteiger partial charge in [0.15, 0.2) is 5.60 Å². The third-order valence-electron chi connectivity index (χ3n) is 2.55. The summed E-state index contributed by atoms with van der Waals surface area (Å²) in [6.45, 7) is 7.49. The van der Waals surface area contributed by atoms with E-state index in [-0.39, 0.29) is 47.3 Å². The summed E-state index contributed by atoms with van der Waals surface area (Å²) in [6.07, 6.45) is -0.632. The van der Waals surface area contributed by atoms with Gasteiger partial charge in [0.2, 0.25) is 0 Å². The quantitative estimate of drug-likeness (QED) is 0.551. The van der Waals surface area contributed by atoms with Gasteiger partial charge in [-0.2, -0.15) is 0 Å². The summed E-state index contributed by atoms with van der Waals surface area (Å²) in [5.41, 5.74) is -0.975. The average Bonchev–Trinajstić information content (AvgIpc) is 2.26. The summed E-state index contributed by atoms with van der Waals surface area (Å²) in [5, 5.41) is 2.17. The Morgan fingerprint density at radius 1 is 1.14 bits per heavy atom. The van der Waals surface area contributed by atoms with Gasteiger partial charge in [0.25, 0.3) is 5.91 Å². The predicted octanol–water partition coefficient (Wildman–Crippen LogP) is -1.69. The number of amides is 2. The van der Waals surface area contributed by atoms with E-state index in [2.05, 4.69) is 5.32 Å². The summed E-state index contributed by atoms with van der Waals surface area (Å²) in [6, 6.07) is 0. The van der Waals surface area contributed by atoms with Crippen molar-refractivity contribution in [2.24, 2.45) is 11.8 Å². The molecule has 0 spiro atoms. The van der Waals surface area contributed by atoms with Crippen molar-refractivity contribution in [1.29, 1.82) is 0 Å². The van der Waals surface area contributed by atoms with Crippen molar-refractivity contribution >= 4 is 12.0 Å². The Kier molecular flexibility index (Phi) is 4.62. The maximum Gasteiger partial charge on any atom is 1.00 e. The molecule has 0 saturated carbocycles. The molecule has 0 radical (unpaired) electrons. The van der Waals surface area contributed by atoms with Crippen LogP contribution in [0, 0.1) is 11.8 Å². The van der Waals surface area contributed by atoms with E-state index < -0.39 is 11.7 Å². The largest absolute Gasteiger partial charge is 1.00 e. The van der Waals surface area contributed by atoms with Crippen LogP contribution in [-0.2, 0) is 9.53 Å². The summed E-state index contributed by atoms with van der Waals surface area (Å²) in [4.78, 5) is 22.5. The first-order valence-electron chi connectivity index (χ1n) is 4.45. The number of hydrogen-bond acceptors (Lipinski definition) is 3. The van der Waals surface area contributed by atoms with Crippen molar-refractivity contribution in [1.82, 2.24) is 5.32 Å². The molecule has 1 saturated heterocycles. The third kappa shape index (κ3) is 1.97. The molecule has 0 aliphatic carbocycles. The molecule has 0 atom stereocenters. The molecular weight excluding hydrogens is 193 g/mol. The SMILES string of the molecule is CC(C)C1(C(C)C)OC(=O)NC1=O.[Na+]. The monoisotopic (exact) mass is 208 g/mol. The Morgan fingerprint density at radius 3 is 1.71 bits per heavy atom. The van der Waals surface area contributed by atoms with Gasteiger partial charge in [-0.05, 0) is 0 Å². The van der Waals surface area contributed by atoms with Crippen LogP contribution in [-0.4, -0.2) is 17.6 Å². The van der Waals surface area contributed by atoms with Crippen molar-refractivity contribution in [3.8, 4) is 0 Å². The molecule has 5 heteroatoms. The zero-order valence-corrected chi connectivity index (χ0v) is 11.4. The van der Waals surface area contributed by atoms with Crippen LogP contribution in [0.3, 0.4) is 0 Å². The first-order valence-corrected chi connectivity index (χ1v) is 4.45. The molecule has 1 rings (SSSR count). The second kappa shape index (κ2) is 4.64. The Bertz CT molecular complexity index is 242. The molecule has 1 fully saturated rings. The van der Waals surface area contributed by atoms with Crippen molar-refractivity contribution in [3.05, 3.63) is 0 Å². The maximum absolute atomic E-state index is 11.5. The van der Waals surface area contributed by atoms with Crippen LogP contribution in [0.15, 0.2) is 0 Å². The summed E-state index contributed by atoms with van der Waals surface area (Å²) < 4.78 is 5.08. The van der Waals surface area contributed by atoms with E-state index in [0.717, 1.165) is 0 Å². The van der Waals surface area contributed by atoms with Crippen LogP contribution in [0.4, 0.5) is 4.79 Å². The summed E-state index contributed by atoms with van der Waals surface area (Å²) in [7, 11) is 0. The molecule has 14 heavy (non-hydrogen) atoms. The van der Waals surface area contributed by atoms with Crippen LogP contribution < -0.4 is 34.9 Å². The van der Waals surface area contributed by atoms with Gasteiger partial charge in [-0.1, -0.05) is 27.7 Å². The van der Waals surface area contributed by atoms with Crippen LogP contribution >= 0.6 is 0 Å². The van der Waals surface area contributed by atoms with Crippen LogP contribution in [0.1, 0.15) is 27.7 Å². The normalized spacial score (nSPS) is 19.3. The van der Waals surface area contributed by atoms with E-state index in [1.807, 2.05) is 27.7 Å². The number of alkyl carbamates (subject to hydrolysis) is 1. The number of carbonyl (C=O) groups excluding carboxylic acids is 2. The van der Waals surface area contributed by atoms with Gasteiger partial charge < -0.3 is 4.74 Å². The van der Waals surface area contributed by atoms with Gasteiger partial charge in [-0.15, -0.1) is 0 Å². The van der Waals surface area contributed by atoms with E-state index >= 15 is 0 Å². The minimum atomic E-state index is -0.975. The van der Waals surface area contributed by atoms with Crippen molar-refractivity contribution in [2.45, 2.75) is 33.3 Å². The number of hydrogen-bond donors (Lipinski definition) is 1. The molecule has 1 heterocycles. The third-order valence-corrected chi connectivity index (χ3v) is 2.55. The van der Waals surface area contributed by atoms with Crippen molar-refractivity contribution in [2.75, 3.05) is 0 Å².